The molecule has 82 valence electrons. The highest BCUT2D eigenvalue weighted by atomic mass is 79.9. The maximum absolute atomic E-state index is 8.84. The first kappa shape index (κ1) is 12.7. The van der Waals surface area contributed by atoms with E-state index in [1.54, 1.807) is 11.3 Å². The van der Waals surface area contributed by atoms with Crippen LogP contribution in [0.3, 0.4) is 0 Å². The fourth-order valence-electron chi connectivity index (χ4n) is 1.14. The van der Waals surface area contributed by atoms with Gasteiger partial charge in [-0.05, 0) is 42.8 Å². The molecule has 0 unspecified atom stereocenters. The van der Waals surface area contributed by atoms with Crippen molar-refractivity contribution in [3.63, 3.8) is 0 Å². The normalized spacial score (nSPS) is 11.4. The summed E-state index contributed by atoms with van der Waals surface area (Å²) in [5, 5.41) is 12.1. The summed E-state index contributed by atoms with van der Waals surface area (Å²) in [5.74, 6) is 0. The molecule has 0 amide bonds. The Hall–Kier alpha value is -0.370. The second-order valence-electron chi connectivity index (χ2n) is 4.22. The Morgan fingerprint density at radius 2 is 2.27 bits per heavy atom. The van der Waals surface area contributed by atoms with E-state index in [9.17, 15) is 0 Å². The van der Waals surface area contributed by atoms with Gasteiger partial charge in [-0.2, -0.15) is 5.26 Å². The summed E-state index contributed by atoms with van der Waals surface area (Å²) in [4.78, 5) is 2.60. The van der Waals surface area contributed by atoms with E-state index in [1.807, 2.05) is 13.8 Å². The van der Waals surface area contributed by atoms with Gasteiger partial charge in [0, 0.05) is 27.3 Å². The van der Waals surface area contributed by atoms with Crippen LogP contribution < -0.4 is 5.32 Å². The molecule has 1 aromatic heterocycles. The minimum atomic E-state index is -0.288. The van der Waals surface area contributed by atoms with E-state index in [0.29, 0.717) is 0 Å². The minimum absolute atomic E-state index is 0.288. The number of rotatable bonds is 4. The molecule has 0 aromatic carbocycles. The monoisotopic (exact) mass is 286 g/mol. The van der Waals surface area contributed by atoms with E-state index in [4.69, 9.17) is 5.26 Å². The first-order chi connectivity index (χ1) is 6.94. The first-order valence-electron chi connectivity index (χ1n) is 4.81. The van der Waals surface area contributed by atoms with Crippen molar-refractivity contribution in [2.24, 2.45) is 5.41 Å². The molecule has 0 aliphatic carbocycles. The van der Waals surface area contributed by atoms with Gasteiger partial charge in [-0.15, -0.1) is 11.3 Å². The lowest BCUT2D eigenvalue weighted by Crippen LogP contribution is -2.27. The highest BCUT2D eigenvalue weighted by Crippen LogP contribution is 2.26. The van der Waals surface area contributed by atoms with Gasteiger partial charge in [0.05, 0.1) is 11.5 Å². The number of nitriles is 1. The summed E-state index contributed by atoms with van der Waals surface area (Å²) in [7, 11) is 0. The SMILES string of the molecule is Cc1sc(CNCC(C)(C)C#N)cc1Br. The lowest BCUT2D eigenvalue weighted by molar-refractivity contribution is 0.446. The Morgan fingerprint density at radius 1 is 1.60 bits per heavy atom. The van der Waals surface area contributed by atoms with Crippen LogP contribution in [0.2, 0.25) is 0 Å². The topological polar surface area (TPSA) is 35.8 Å². The van der Waals surface area contributed by atoms with Gasteiger partial charge in [-0.1, -0.05) is 0 Å². The van der Waals surface area contributed by atoms with E-state index < -0.39 is 0 Å². The zero-order valence-corrected chi connectivity index (χ0v) is 11.6. The number of nitrogens with one attached hydrogen (secondary N) is 1. The molecule has 1 heterocycles. The maximum Gasteiger partial charge on any atom is 0.0697 e. The molecule has 0 radical (unpaired) electrons. The Kier molecular flexibility index (Phi) is 4.32. The predicted octanol–water partition coefficient (Wildman–Crippen LogP) is 3.46. The summed E-state index contributed by atoms with van der Waals surface area (Å²) in [6.45, 7) is 7.53. The molecule has 1 aromatic rings. The smallest absolute Gasteiger partial charge is 0.0697 e. The summed E-state index contributed by atoms with van der Waals surface area (Å²) >= 11 is 5.27. The van der Waals surface area contributed by atoms with Crippen LogP contribution in [0.4, 0.5) is 0 Å². The van der Waals surface area contributed by atoms with Crippen molar-refractivity contribution in [2.45, 2.75) is 27.3 Å². The van der Waals surface area contributed by atoms with Crippen molar-refractivity contribution >= 4 is 27.3 Å². The Balaban J connectivity index is 2.42. The average molecular weight is 287 g/mol. The number of thiophene rings is 1. The average Bonchev–Trinajstić information content (AvgIpc) is 2.46. The zero-order valence-electron chi connectivity index (χ0n) is 9.22. The Bertz CT molecular complexity index is 357. The van der Waals surface area contributed by atoms with Crippen molar-refractivity contribution in [1.29, 1.82) is 5.26 Å². The first-order valence-corrected chi connectivity index (χ1v) is 6.42. The molecule has 0 atom stereocenters. The molecule has 0 aliphatic heterocycles. The molecule has 1 rings (SSSR count). The zero-order chi connectivity index (χ0) is 11.5. The summed E-state index contributed by atoms with van der Waals surface area (Å²) < 4.78 is 1.17. The van der Waals surface area contributed by atoms with E-state index in [1.165, 1.54) is 14.2 Å². The van der Waals surface area contributed by atoms with E-state index in [-0.39, 0.29) is 5.41 Å². The van der Waals surface area contributed by atoms with Crippen LogP contribution in [0, 0.1) is 23.7 Å². The van der Waals surface area contributed by atoms with Crippen molar-refractivity contribution in [2.75, 3.05) is 6.54 Å². The molecule has 0 saturated carbocycles. The van der Waals surface area contributed by atoms with Gasteiger partial charge < -0.3 is 5.32 Å². The largest absolute Gasteiger partial charge is 0.310 e. The molecule has 2 nitrogen and oxygen atoms in total. The van der Waals surface area contributed by atoms with Crippen molar-refractivity contribution < 1.29 is 0 Å². The maximum atomic E-state index is 8.84. The third-order valence-corrected chi connectivity index (χ3v) is 4.21. The fraction of sp³-hybridized carbons (Fsp3) is 0.545. The van der Waals surface area contributed by atoms with Crippen molar-refractivity contribution in [1.82, 2.24) is 5.32 Å². The van der Waals surface area contributed by atoms with Gasteiger partial charge in [0.2, 0.25) is 0 Å². The van der Waals surface area contributed by atoms with Gasteiger partial charge in [-0.3, -0.25) is 0 Å². The van der Waals surface area contributed by atoms with Crippen LogP contribution >= 0.6 is 27.3 Å². The van der Waals surface area contributed by atoms with Gasteiger partial charge in [0.1, 0.15) is 0 Å². The highest BCUT2D eigenvalue weighted by Gasteiger charge is 2.15. The van der Waals surface area contributed by atoms with E-state index >= 15 is 0 Å². The Labute approximate surface area is 103 Å². The fourth-order valence-corrected chi connectivity index (χ4v) is 2.71. The van der Waals surface area contributed by atoms with Crippen LogP contribution in [0.5, 0.6) is 0 Å². The van der Waals surface area contributed by atoms with Crippen molar-refractivity contribution in [3.8, 4) is 6.07 Å². The van der Waals surface area contributed by atoms with Crippen LogP contribution in [-0.4, -0.2) is 6.54 Å². The number of nitrogens with zero attached hydrogens (tertiary/aromatic N) is 1. The Morgan fingerprint density at radius 3 is 2.73 bits per heavy atom. The minimum Gasteiger partial charge on any atom is -0.310 e. The molecule has 0 saturated heterocycles. The molecule has 15 heavy (non-hydrogen) atoms. The number of aryl methyl sites for hydroxylation is 1. The molecular formula is C11H15BrN2S. The second kappa shape index (κ2) is 5.11. The van der Waals surface area contributed by atoms with E-state index in [2.05, 4.69) is 40.3 Å². The third kappa shape index (κ3) is 3.94. The molecule has 0 aliphatic rings. The number of hydrogen-bond acceptors (Lipinski definition) is 3. The van der Waals surface area contributed by atoms with Gasteiger partial charge in [0.25, 0.3) is 0 Å². The summed E-state index contributed by atoms with van der Waals surface area (Å²) in [5.41, 5.74) is -0.288. The standard InChI is InChI=1S/C11H15BrN2S/c1-8-10(12)4-9(15-8)5-14-7-11(2,3)6-13/h4,14H,5,7H2,1-3H3. The molecule has 4 heteroatoms. The molecule has 0 fully saturated rings. The van der Waals surface area contributed by atoms with Crippen LogP contribution in [0.1, 0.15) is 23.6 Å². The molecule has 1 N–H and O–H groups in total. The summed E-state index contributed by atoms with van der Waals surface area (Å²) in [6.07, 6.45) is 0. The number of hydrogen-bond donors (Lipinski definition) is 1. The van der Waals surface area contributed by atoms with Gasteiger partial charge in [0.15, 0.2) is 0 Å². The molecular weight excluding hydrogens is 272 g/mol. The van der Waals surface area contributed by atoms with Crippen LogP contribution in [-0.2, 0) is 6.54 Å². The van der Waals surface area contributed by atoms with Crippen LogP contribution in [0.15, 0.2) is 10.5 Å². The number of halogens is 1. The molecule has 0 spiro atoms. The third-order valence-electron chi connectivity index (χ3n) is 2.08. The predicted molar refractivity (Wildman–Crippen MR) is 67.9 cm³/mol. The van der Waals surface area contributed by atoms with Gasteiger partial charge >= 0.3 is 0 Å². The highest BCUT2D eigenvalue weighted by molar-refractivity contribution is 9.10. The van der Waals surface area contributed by atoms with E-state index in [0.717, 1.165) is 13.1 Å². The van der Waals surface area contributed by atoms with Crippen LogP contribution in [0.25, 0.3) is 0 Å². The molecule has 0 bridgehead atoms. The summed E-state index contributed by atoms with van der Waals surface area (Å²) in [6, 6.07) is 4.41. The lowest BCUT2D eigenvalue weighted by atomic mass is 9.96. The quantitative estimate of drug-likeness (QED) is 0.920. The van der Waals surface area contributed by atoms with Gasteiger partial charge in [-0.25, -0.2) is 0 Å². The lowest BCUT2D eigenvalue weighted by Gasteiger charge is -2.15. The van der Waals surface area contributed by atoms with Crippen molar-refractivity contribution in [3.05, 3.63) is 20.3 Å². The second-order valence-corrected chi connectivity index (χ2v) is 6.41.